The number of rotatable bonds is 18. The number of nitrogens with zero attached hydrogens (tertiary/aromatic N) is 1. The highest BCUT2D eigenvalue weighted by molar-refractivity contribution is 5.69. The number of aryl methyl sites for hydroxylation is 1. The number of hydrogen-bond donors (Lipinski definition) is 0. The van der Waals surface area contributed by atoms with Crippen molar-refractivity contribution >= 4 is 5.97 Å². The fourth-order valence-electron chi connectivity index (χ4n) is 4.32. The second-order valence-corrected chi connectivity index (χ2v) is 10.0. The molecule has 2 rings (SSSR count). The second-order valence-electron chi connectivity index (χ2n) is 10.0. The minimum atomic E-state index is -0.182. The van der Waals surface area contributed by atoms with Crippen LogP contribution in [0.15, 0.2) is 54.6 Å². The van der Waals surface area contributed by atoms with Crippen LogP contribution in [0.4, 0.5) is 0 Å². The highest BCUT2D eigenvalue weighted by Gasteiger charge is 2.16. The van der Waals surface area contributed by atoms with E-state index in [2.05, 4.69) is 51.4 Å². The Morgan fingerprint density at radius 2 is 1.47 bits per heavy atom. The number of quaternary nitrogens is 1. The van der Waals surface area contributed by atoms with Crippen LogP contribution in [-0.2, 0) is 22.5 Å². The van der Waals surface area contributed by atoms with Crippen molar-refractivity contribution in [3.8, 4) is 5.75 Å². The van der Waals surface area contributed by atoms with E-state index in [1.54, 1.807) is 0 Å². The molecule has 2 aromatic carbocycles. The van der Waals surface area contributed by atoms with Gasteiger partial charge in [0.15, 0.2) is 0 Å². The van der Waals surface area contributed by atoms with Crippen molar-refractivity contribution in [3.63, 3.8) is 0 Å². The van der Waals surface area contributed by atoms with Crippen molar-refractivity contribution in [1.82, 2.24) is 0 Å². The first-order chi connectivity index (χ1) is 16.5. The summed E-state index contributed by atoms with van der Waals surface area (Å²) in [6, 6.07) is 18.7. The van der Waals surface area contributed by atoms with Crippen LogP contribution in [-0.4, -0.2) is 37.9 Å². The summed E-state index contributed by atoms with van der Waals surface area (Å²) >= 11 is 0. The maximum absolute atomic E-state index is 12.1. The molecule has 188 valence electrons. The van der Waals surface area contributed by atoms with Crippen LogP contribution < -0.4 is 4.74 Å². The number of hydrogen-bond acceptors (Lipinski definition) is 3. The van der Waals surface area contributed by atoms with Crippen molar-refractivity contribution in [2.45, 2.75) is 84.1 Å². The predicted octanol–water partition coefficient (Wildman–Crippen LogP) is 7.31. The molecule has 0 amide bonds. The van der Waals surface area contributed by atoms with Crippen LogP contribution in [0.1, 0.15) is 82.3 Å². The van der Waals surface area contributed by atoms with Crippen LogP contribution in [0.5, 0.6) is 5.75 Å². The minimum Gasteiger partial charge on any atom is -0.457 e. The van der Waals surface area contributed by atoms with Crippen molar-refractivity contribution in [1.29, 1.82) is 0 Å². The molecule has 4 heteroatoms. The summed E-state index contributed by atoms with van der Waals surface area (Å²) in [4.78, 5) is 12.1. The molecule has 0 saturated carbocycles. The Morgan fingerprint density at radius 1 is 0.794 bits per heavy atom. The van der Waals surface area contributed by atoms with E-state index in [9.17, 15) is 4.79 Å². The molecular weight excluding hydrogens is 422 g/mol. The van der Waals surface area contributed by atoms with Gasteiger partial charge in [0, 0.05) is 12.0 Å². The lowest BCUT2D eigenvalue weighted by molar-refractivity contribution is -0.903. The third kappa shape index (κ3) is 12.2. The Kier molecular flexibility index (Phi) is 13.4. The summed E-state index contributed by atoms with van der Waals surface area (Å²) in [5.74, 6) is 0.652. The van der Waals surface area contributed by atoms with Crippen LogP contribution in [0, 0.1) is 0 Å². The van der Waals surface area contributed by atoms with E-state index in [4.69, 9.17) is 9.47 Å². The van der Waals surface area contributed by atoms with Gasteiger partial charge >= 0.3 is 5.97 Å². The smallest absolute Gasteiger partial charge is 0.308 e. The van der Waals surface area contributed by atoms with E-state index < -0.39 is 0 Å². The summed E-state index contributed by atoms with van der Waals surface area (Å²) in [6.07, 6.45) is 12.4. The van der Waals surface area contributed by atoms with Gasteiger partial charge in [-0.2, -0.15) is 0 Å². The van der Waals surface area contributed by atoms with E-state index in [1.807, 2.05) is 24.3 Å². The zero-order valence-electron chi connectivity index (χ0n) is 21.8. The van der Waals surface area contributed by atoms with Crippen molar-refractivity contribution in [2.24, 2.45) is 0 Å². The summed E-state index contributed by atoms with van der Waals surface area (Å²) < 4.78 is 12.1. The maximum atomic E-state index is 12.1. The predicted molar refractivity (Wildman–Crippen MR) is 141 cm³/mol. The van der Waals surface area contributed by atoms with E-state index in [-0.39, 0.29) is 12.8 Å². The summed E-state index contributed by atoms with van der Waals surface area (Å²) in [5.41, 5.74) is 2.54. The molecule has 0 aliphatic heterocycles. The molecule has 0 fully saturated rings. The van der Waals surface area contributed by atoms with E-state index in [0.717, 1.165) is 42.6 Å². The van der Waals surface area contributed by atoms with E-state index in [0.29, 0.717) is 6.42 Å². The quantitative estimate of drug-likeness (QED) is 0.0996. The van der Waals surface area contributed by atoms with E-state index >= 15 is 0 Å². The average Bonchev–Trinajstić information content (AvgIpc) is 2.82. The normalized spacial score (nSPS) is 11.4. The Morgan fingerprint density at radius 3 is 2.24 bits per heavy atom. The number of benzene rings is 2. The number of unbranched alkanes of at least 4 members (excludes halogenated alkanes) is 7. The Labute approximate surface area is 207 Å². The van der Waals surface area contributed by atoms with Crippen molar-refractivity contribution < 1.29 is 18.8 Å². The van der Waals surface area contributed by atoms with Gasteiger partial charge in [-0.3, -0.25) is 4.79 Å². The third-order valence-electron chi connectivity index (χ3n) is 6.30. The molecule has 0 aliphatic carbocycles. The molecule has 0 unspecified atom stereocenters. The molecule has 0 N–H and O–H groups in total. The molecule has 0 aromatic heterocycles. The Bertz CT molecular complexity index is 804. The lowest BCUT2D eigenvalue weighted by Gasteiger charge is -2.30. The van der Waals surface area contributed by atoms with Crippen molar-refractivity contribution in [3.05, 3.63) is 65.7 Å². The third-order valence-corrected chi connectivity index (χ3v) is 6.30. The van der Waals surface area contributed by atoms with E-state index in [1.165, 1.54) is 56.1 Å². The Hall–Kier alpha value is -2.33. The first-order valence-corrected chi connectivity index (χ1v) is 13.2. The summed E-state index contributed by atoms with van der Waals surface area (Å²) in [5, 5.41) is 0. The maximum Gasteiger partial charge on any atom is 0.308 e. The molecule has 0 atom stereocenters. The number of para-hydroxylation sites is 1. The zero-order chi connectivity index (χ0) is 24.5. The van der Waals surface area contributed by atoms with Gasteiger partial charge in [-0.25, -0.2) is 0 Å². The highest BCUT2D eigenvalue weighted by Crippen LogP contribution is 2.21. The van der Waals surface area contributed by atoms with Gasteiger partial charge in [0.1, 0.15) is 12.3 Å². The molecule has 4 nitrogen and oxygen atoms in total. The van der Waals surface area contributed by atoms with Gasteiger partial charge in [-0.05, 0) is 37.3 Å². The molecule has 0 spiro atoms. The SMILES string of the molecule is CCCCCCCCCc1ccccc1OCOC(=O)CCCC[N+](C)(C)Cc1ccccc1. The van der Waals surface area contributed by atoms with Crippen LogP contribution in [0.2, 0.25) is 0 Å². The van der Waals surface area contributed by atoms with Crippen LogP contribution in [0.25, 0.3) is 0 Å². The average molecular weight is 469 g/mol. The molecular formula is C30H46NO3+. The zero-order valence-corrected chi connectivity index (χ0v) is 21.8. The highest BCUT2D eigenvalue weighted by atomic mass is 16.7. The first kappa shape index (κ1) is 27.9. The first-order valence-electron chi connectivity index (χ1n) is 13.2. The monoisotopic (exact) mass is 468 g/mol. The molecule has 0 radical (unpaired) electrons. The second kappa shape index (κ2) is 16.3. The minimum absolute atomic E-state index is 0.0115. The van der Waals surface area contributed by atoms with Crippen molar-refractivity contribution in [2.75, 3.05) is 27.4 Å². The lowest BCUT2D eigenvalue weighted by Crippen LogP contribution is -2.39. The Balaban J connectivity index is 1.59. The van der Waals surface area contributed by atoms with Gasteiger partial charge in [-0.15, -0.1) is 0 Å². The summed E-state index contributed by atoms with van der Waals surface area (Å²) in [6.45, 7) is 4.27. The number of carbonyl (C=O) groups excluding carboxylic acids is 1. The fourth-order valence-corrected chi connectivity index (χ4v) is 4.32. The van der Waals surface area contributed by atoms with Crippen LogP contribution in [0.3, 0.4) is 0 Å². The fraction of sp³-hybridized carbons (Fsp3) is 0.567. The molecule has 0 heterocycles. The largest absolute Gasteiger partial charge is 0.457 e. The lowest BCUT2D eigenvalue weighted by atomic mass is 10.0. The van der Waals surface area contributed by atoms with Crippen LogP contribution >= 0.6 is 0 Å². The molecule has 0 bridgehead atoms. The number of carbonyl (C=O) groups is 1. The molecule has 34 heavy (non-hydrogen) atoms. The summed E-state index contributed by atoms with van der Waals surface area (Å²) in [7, 11) is 4.48. The molecule has 0 aliphatic rings. The molecule has 2 aromatic rings. The van der Waals surface area contributed by atoms with Gasteiger partial charge in [-0.1, -0.05) is 94.0 Å². The van der Waals surface area contributed by atoms with Gasteiger partial charge < -0.3 is 14.0 Å². The van der Waals surface area contributed by atoms with Gasteiger partial charge in [0.2, 0.25) is 6.79 Å². The topological polar surface area (TPSA) is 35.5 Å². The number of esters is 1. The molecule has 0 saturated heterocycles. The number of ether oxygens (including phenoxy) is 2. The van der Waals surface area contributed by atoms with Gasteiger partial charge in [0.05, 0.1) is 20.6 Å². The standard InChI is InChI=1S/C30H46NO3/c1-4-5-6-7-8-9-13-20-28-21-14-15-22-29(28)33-26-34-30(32)23-16-17-24-31(2,3)25-27-18-11-10-12-19-27/h10-12,14-15,18-19,21-22H,4-9,13,16-17,20,23-26H2,1-3H3/q+1. The van der Waals surface area contributed by atoms with Gasteiger partial charge in [0.25, 0.3) is 0 Å².